The highest BCUT2D eigenvalue weighted by atomic mass is 32.2. The van der Waals surface area contributed by atoms with E-state index in [0.717, 1.165) is 6.42 Å². The summed E-state index contributed by atoms with van der Waals surface area (Å²) >= 11 is 2.01. The molecule has 2 aliphatic heterocycles. The number of rotatable bonds is 0. The Hall–Kier alpha value is -0.180. The summed E-state index contributed by atoms with van der Waals surface area (Å²) < 4.78 is 0. The van der Waals surface area contributed by atoms with Crippen LogP contribution in [0, 0.1) is 5.41 Å². The fourth-order valence-corrected chi connectivity index (χ4v) is 4.91. The Labute approximate surface area is 89.2 Å². The molecule has 1 amide bonds. The van der Waals surface area contributed by atoms with Crippen LogP contribution in [-0.4, -0.2) is 23.0 Å². The molecule has 0 aromatic heterocycles. The average molecular weight is 211 g/mol. The van der Waals surface area contributed by atoms with Gasteiger partial charge in [0.1, 0.15) is 0 Å². The first kappa shape index (κ1) is 9.08. The smallest absolute Gasteiger partial charge is 0.221 e. The first-order valence-corrected chi connectivity index (χ1v) is 6.81. The lowest BCUT2D eigenvalue weighted by Crippen LogP contribution is -2.59. The summed E-state index contributed by atoms with van der Waals surface area (Å²) in [6.07, 6.45) is 7.26. The van der Waals surface area contributed by atoms with Crippen LogP contribution >= 0.6 is 11.8 Å². The quantitative estimate of drug-likeness (QED) is 0.663. The highest BCUT2D eigenvalue weighted by Gasteiger charge is 2.60. The number of amides is 1. The van der Waals surface area contributed by atoms with Crippen molar-refractivity contribution >= 4 is 17.7 Å². The van der Waals surface area contributed by atoms with Gasteiger partial charge in [0.25, 0.3) is 0 Å². The van der Waals surface area contributed by atoms with E-state index in [4.69, 9.17) is 0 Å². The van der Waals surface area contributed by atoms with Gasteiger partial charge in [-0.25, -0.2) is 0 Å². The Kier molecular flexibility index (Phi) is 1.88. The highest BCUT2D eigenvalue weighted by Crippen LogP contribution is 2.56. The molecule has 2 nitrogen and oxygen atoms in total. The van der Waals surface area contributed by atoms with Crippen molar-refractivity contribution < 1.29 is 4.79 Å². The lowest BCUT2D eigenvalue weighted by Gasteiger charge is -2.52. The predicted molar refractivity (Wildman–Crippen MR) is 58.3 cm³/mol. The molecule has 1 N–H and O–H groups in total. The van der Waals surface area contributed by atoms with Crippen molar-refractivity contribution in [3.8, 4) is 0 Å². The minimum atomic E-state index is 0.216. The molecule has 2 heterocycles. The largest absolute Gasteiger partial charge is 0.350 e. The van der Waals surface area contributed by atoms with Crippen molar-refractivity contribution in [3.05, 3.63) is 0 Å². The van der Waals surface area contributed by atoms with Crippen molar-refractivity contribution in [1.29, 1.82) is 0 Å². The van der Waals surface area contributed by atoms with Crippen LogP contribution in [0.25, 0.3) is 0 Å². The Bertz CT molecular complexity index is 266. The number of carbonyl (C=O) groups excluding carboxylic acids is 1. The molecule has 2 spiro atoms. The Balaban J connectivity index is 1.91. The number of nitrogens with one attached hydrogen (secondary N) is 1. The third-order valence-electron chi connectivity index (χ3n) is 4.36. The van der Waals surface area contributed by atoms with Gasteiger partial charge in [0.2, 0.25) is 5.91 Å². The van der Waals surface area contributed by atoms with Crippen molar-refractivity contribution in [1.82, 2.24) is 5.32 Å². The van der Waals surface area contributed by atoms with Gasteiger partial charge in [-0.05, 0) is 12.8 Å². The molecule has 3 fully saturated rings. The standard InChI is InChI=1S/C11H17NOS/c13-9-6-10(7-14-8-10)11(12-9)4-2-1-3-5-11/h1-8H2,(H,12,13). The maximum absolute atomic E-state index is 11.6. The van der Waals surface area contributed by atoms with E-state index in [9.17, 15) is 4.79 Å². The summed E-state index contributed by atoms with van der Waals surface area (Å²) in [6, 6.07) is 0. The van der Waals surface area contributed by atoms with Crippen LogP contribution in [0.1, 0.15) is 38.5 Å². The lowest BCUT2D eigenvalue weighted by molar-refractivity contribution is -0.120. The fourth-order valence-electron chi connectivity index (χ4n) is 3.46. The van der Waals surface area contributed by atoms with Gasteiger partial charge in [0.05, 0.1) is 0 Å². The fraction of sp³-hybridized carbons (Fsp3) is 0.909. The topological polar surface area (TPSA) is 29.1 Å². The molecule has 0 bridgehead atoms. The summed E-state index contributed by atoms with van der Waals surface area (Å²) in [4.78, 5) is 11.6. The van der Waals surface area contributed by atoms with Crippen LogP contribution in [-0.2, 0) is 4.79 Å². The van der Waals surface area contributed by atoms with E-state index < -0.39 is 0 Å². The van der Waals surface area contributed by atoms with Gasteiger partial charge in [-0.3, -0.25) is 4.79 Å². The maximum atomic E-state index is 11.6. The van der Waals surface area contributed by atoms with Crippen LogP contribution in [0.3, 0.4) is 0 Å². The molecule has 0 aromatic rings. The Morgan fingerprint density at radius 2 is 1.86 bits per heavy atom. The Morgan fingerprint density at radius 3 is 2.43 bits per heavy atom. The summed E-state index contributed by atoms with van der Waals surface area (Å²) in [5.41, 5.74) is 0.572. The molecule has 1 saturated carbocycles. The molecule has 1 aliphatic carbocycles. The lowest BCUT2D eigenvalue weighted by atomic mass is 9.65. The maximum Gasteiger partial charge on any atom is 0.221 e. The molecule has 14 heavy (non-hydrogen) atoms. The predicted octanol–water partition coefficient (Wildman–Crippen LogP) is 1.94. The number of carbonyl (C=O) groups is 1. The molecule has 3 rings (SSSR count). The second kappa shape index (κ2) is 2.91. The minimum Gasteiger partial charge on any atom is -0.350 e. The third kappa shape index (κ3) is 1.02. The zero-order valence-electron chi connectivity index (χ0n) is 8.47. The third-order valence-corrected chi connectivity index (χ3v) is 5.87. The summed E-state index contributed by atoms with van der Waals surface area (Å²) in [7, 11) is 0. The zero-order chi connectivity index (χ0) is 9.65. The van der Waals surface area contributed by atoms with E-state index in [0.29, 0.717) is 11.3 Å². The molecule has 3 aliphatic rings. The molecular formula is C11H17NOS. The molecular weight excluding hydrogens is 194 g/mol. The van der Waals surface area contributed by atoms with Gasteiger partial charge in [-0.2, -0.15) is 11.8 Å². The molecule has 2 saturated heterocycles. The monoisotopic (exact) mass is 211 g/mol. The average Bonchev–Trinajstić information content (AvgIpc) is 2.39. The SMILES string of the molecule is O=C1CC2(CSC2)C2(CCCCC2)N1. The van der Waals surface area contributed by atoms with E-state index in [1.807, 2.05) is 11.8 Å². The van der Waals surface area contributed by atoms with Gasteiger partial charge in [0, 0.05) is 28.9 Å². The van der Waals surface area contributed by atoms with Crippen molar-refractivity contribution in [2.75, 3.05) is 11.5 Å². The molecule has 3 heteroatoms. The van der Waals surface area contributed by atoms with E-state index in [1.165, 1.54) is 43.6 Å². The van der Waals surface area contributed by atoms with Crippen LogP contribution in [0.2, 0.25) is 0 Å². The first-order chi connectivity index (χ1) is 6.77. The van der Waals surface area contributed by atoms with Gasteiger partial charge < -0.3 is 5.32 Å². The van der Waals surface area contributed by atoms with E-state index in [-0.39, 0.29) is 5.54 Å². The molecule has 0 radical (unpaired) electrons. The number of fused-ring (bicyclic) bond motifs is 1. The number of thioether (sulfide) groups is 1. The second-order valence-corrected chi connectivity index (χ2v) is 6.13. The van der Waals surface area contributed by atoms with Crippen molar-refractivity contribution in [3.63, 3.8) is 0 Å². The normalized spacial score (nSPS) is 33.0. The number of hydrogen-bond acceptors (Lipinski definition) is 2. The zero-order valence-corrected chi connectivity index (χ0v) is 9.29. The van der Waals surface area contributed by atoms with Crippen LogP contribution in [0.4, 0.5) is 0 Å². The molecule has 0 atom stereocenters. The second-order valence-electron chi connectivity index (χ2n) is 5.14. The van der Waals surface area contributed by atoms with Gasteiger partial charge in [-0.1, -0.05) is 19.3 Å². The molecule has 78 valence electrons. The molecule has 0 aromatic carbocycles. The van der Waals surface area contributed by atoms with Crippen LogP contribution in [0.15, 0.2) is 0 Å². The Morgan fingerprint density at radius 1 is 1.14 bits per heavy atom. The van der Waals surface area contributed by atoms with E-state index in [2.05, 4.69) is 5.32 Å². The van der Waals surface area contributed by atoms with Gasteiger partial charge in [-0.15, -0.1) is 0 Å². The van der Waals surface area contributed by atoms with Crippen molar-refractivity contribution in [2.45, 2.75) is 44.1 Å². The summed E-state index contributed by atoms with van der Waals surface area (Å²) in [6.45, 7) is 0. The van der Waals surface area contributed by atoms with Crippen LogP contribution in [0.5, 0.6) is 0 Å². The highest BCUT2D eigenvalue weighted by molar-refractivity contribution is 8.00. The van der Waals surface area contributed by atoms with Crippen LogP contribution < -0.4 is 5.32 Å². The van der Waals surface area contributed by atoms with E-state index >= 15 is 0 Å². The van der Waals surface area contributed by atoms with Gasteiger partial charge in [0.15, 0.2) is 0 Å². The molecule has 0 unspecified atom stereocenters. The van der Waals surface area contributed by atoms with Crippen molar-refractivity contribution in [2.24, 2.45) is 5.41 Å². The first-order valence-electron chi connectivity index (χ1n) is 5.65. The summed E-state index contributed by atoms with van der Waals surface area (Å²) in [5, 5.41) is 3.31. The van der Waals surface area contributed by atoms with Gasteiger partial charge >= 0.3 is 0 Å². The summed E-state index contributed by atoms with van der Waals surface area (Å²) in [5.74, 6) is 2.74. The minimum absolute atomic E-state index is 0.216. The van der Waals surface area contributed by atoms with E-state index in [1.54, 1.807) is 0 Å². The number of hydrogen-bond donors (Lipinski definition) is 1.